The van der Waals surface area contributed by atoms with Crippen LogP contribution in [0.1, 0.15) is 37.9 Å². The topological polar surface area (TPSA) is 75.0 Å². The van der Waals surface area contributed by atoms with Crippen LogP contribution in [0.3, 0.4) is 0 Å². The first kappa shape index (κ1) is 11.7. The summed E-state index contributed by atoms with van der Waals surface area (Å²) in [5.74, 6) is 2.15. The molecule has 5 nitrogen and oxygen atoms in total. The van der Waals surface area contributed by atoms with Crippen LogP contribution in [0.5, 0.6) is 0 Å². The van der Waals surface area contributed by atoms with Gasteiger partial charge >= 0.3 is 0 Å². The summed E-state index contributed by atoms with van der Waals surface area (Å²) >= 11 is 0. The standard InChI is InChI=1S/C13H20N4O/c1-13(7-14)4-5-17(8-13)10-6-11(18)16-12(15-10)9-2-3-9/h6,9H,2-5,7-8,14H2,1H3,(H,15,16,18). The molecule has 0 amide bonds. The van der Waals surface area contributed by atoms with Crippen molar-refractivity contribution in [2.75, 3.05) is 24.5 Å². The Morgan fingerprint density at radius 2 is 2.39 bits per heavy atom. The second-order valence-corrected chi connectivity index (χ2v) is 5.95. The van der Waals surface area contributed by atoms with Crippen molar-refractivity contribution >= 4 is 5.82 Å². The summed E-state index contributed by atoms with van der Waals surface area (Å²) in [6, 6.07) is 1.61. The molecule has 1 aromatic rings. The number of anilines is 1. The van der Waals surface area contributed by atoms with E-state index in [1.165, 1.54) is 0 Å². The van der Waals surface area contributed by atoms with Gasteiger partial charge in [0.2, 0.25) is 0 Å². The number of nitrogens with two attached hydrogens (primary N) is 1. The van der Waals surface area contributed by atoms with Crippen LogP contribution in [-0.4, -0.2) is 29.6 Å². The largest absolute Gasteiger partial charge is 0.356 e. The van der Waals surface area contributed by atoms with Crippen LogP contribution in [0.15, 0.2) is 10.9 Å². The van der Waals surface area contributed by atoms with E-state index in [0.29, 0.717) is 12.5 Å². The minimum Gasteiger partial charge on any atom is -0.356 e. The number of H-pyrrole nitrogens is 1. The van der Waals surface area contributed by atoms with E-state index < -0.39 is 0 Å². The van der Waals surface area contributed by atoms with Crippen molar-refractivity contribution < 1.29 is 0 Å². The van der Waals surface area contributed by atoms with Gasteiger partial charge in [-0.1, -0.05) is 6.92 Å². The fourth-order valence-corrected chi connectivity index (χ4v) is 2.56. The Labute approximate surface area is 106 Å². The number of rotatable bonds is 3. The van der Waals surface area contributed by atoms with E-state index in [9.17, 15) is 4.79 Å². The zero-order chi connectivity index (χ0) is 12.8. The molecular weight excluding hydrogens is 228 g/mol. The summed E-state index contributed by atoms with van der Waals surface area (Å²) in [4.78, 5) is 21.3. The molecule has 1 unspecified atom stereocenters. The maximum Gasteiger partial charge on any atom is 0.252 e. The number of aromatic nitrogens is 2. The molecule has 1 saturated heterocycles. The second-order valence-electron chi connectivity index (χ2n) is 5.95. The highest BCUT2D eigenvalue weighted by atomic mass is 16.1. The lowest BCUT2D eigenvalue weighted by molar-refractivity contribution is 0.383. The Morgan fingerprint density at radius 3 is 3.00 bits per heavy atom. The van der Waals surface area contributed by atoms with Gasteiger partial charge in [-0.15, -0.1) is 0 Å². The number of aromatic amines is 1. The van der Waals surface area contributed by atoms with E-state index in [-0.39, 0.29) is 11.0 Å². The van der Waals surface area contributed by atoms with E-state index in [2.05, 4.69) is 21.8 Å². The molecule has 5 heteroatoms. The summed E-state index contributed by atoms with van der Waals surface area (Å²) in [5, 5.41) is 0. The Kier molecular flexibility index (Phi) is 2.66. The predicted molar refractivity (Wildman–Crippen MR) is 70.8 cm³/mol. The average molecular weight is 248 g/mol. The minimum absolute atomic E-state index is 0.0387. The predicted octanol–water partition coefficient (Wildman–Crippen LogP) is 0.822. The van der Waals surface area contributed by atoms with Crippen molar-refractivity contribution in [1.29, 1.82) is 0 Å². The zero-order valence-electron chi connectivity index (χ0n) is 10.8. The molecule has 2 heterocycles. The molecule has 3 rings (SSSR count). The molecule has 1 aliphatic carbocycles. The van der Waals surface area contributed by atoms with Crippen LogP contribution in [0.4, 0.5) is 5.82 Å². The molecule has 1 saturated carbocycles. The quantitative estimate of drug-likeness (QED) is 0.830. The third-order valence-corrected chi connectivity index (χ3v) is 4.09. The van der Waals surface area contributed by atoms with Crippen LogP contribution >= 0.6 is 0 Å². The highest BCUT2D eigenvalue weighted by molar-refractivity contribution is 5.40. The first-order valence-corrected chi connectivity index (χ1v) is 6.66. The van der Waals surface area contributed by atoms with Crippen LogP contribution < -0.4 is 16.2 Å². The molecule has 0 bridgehead atoms. The molecule has 2 fully saturated rings. The van der Waals surface area contributed by atoms with Gasteiger partial charge in [-0.25, -0.2) is 4.98 Å². The number of nitrogens with zero attached hydrogens (tertiary/aromatic N) is 2. The van der Waals surface area contributed by atoms with Gasteiger partial charge in [0, 0.05) is 25.1 Å². The molecule has 1 aromatic heterocycles. The molecule has 18 heavy (non-hydrogen) atoms. The maximum atomic E-state index is 11.7. The monoisotopic (exact) mass is 248 g/mol. The highest BCUT2D eigenvalue weighted by Gasteiger charge is 2.34. The van der Waals surface area contributed by atoms with Crippen molar-refractivity contribution in [1.82, 2.24) is 9.97 Å². The maximum absolute atomic E-state index is 11.7. The smallest absolute Gasteiger partial charge is 0.252 e. The van der Waals surface area contributed by atoms with Crippen LogP contribution in [0.25, 0.3) is 0 Å². The third-order valence-electron chi connectivity index (χ3n) is 4.09. The summed E-state index contributed by atoms with van der Waals surface area (Å²) < 4.78 is 0. The van der Waals surface area contributed by atoms with Crippen molar-refractivity contribution in [2.45, 2.75) is 32.1 Å². The van der Waals surface area contributed by atoms with Crippen molar-refractivity contribution in [3.8, 4) is 0 Å². The van der Waals surface area contributed by atoms with Gasteiger partial charge in [0.1, 0.15) is 11.6 Å². The SMILES string of the molecule is CC1(CN)CCN(c2cc(=O)[nH]c(C3CC3)n2)C1. The molecule has 3 N–H and O–H groups in total. The summed E-state index contributed by atoms with van der Waals surface area (Å²) in [7, 11) is 0. The van der Waals surface area contributed by atoms with E-state index in [4.69, 9.17) is 5.73 Å². The summed E-state index contributed by atoms with van der Waals surface area (Å²) in [5.41, 5.74) is 5.93. The van der Waals surface area contributed by atoms with Gasteiger partial charge in [0.25, 0.3) is 5.56 Å². The van der Waals surface area contributed by atoms with Crippen LogP contribution in [0.2, 0.25) is 0 Å². The van der Waals surface area contributed by atoms with Gasteiger partial charge in [-0.3, -0.25) is 4.79 Å². The molecule has 2 aliphatic rings. The molecule has 0 spiro atoms. The Bertz CT molecular complexity index is 508. The normalized spacial score (nSPS) is 27.8. The molecule has 1 aliphatic heterocycles. The van der Waals surface area contributed by atoms with E-state index in [1.54, 1.807) is 6.07 Å². The van der Waals surface area contributed by atoms with E-state index >= 15 is 0 Å². The van der Waals surface area contributed by atoms with Crippen molar-refractivity contribution in [3.05, 3.63) is 22.2 Å². The van der Waals surface area contributed by atoms with Gasteiger partial charge < -0.3 is 15.6 Å². The summed E-state index contributed by atoms with van der Waals surface area (Å²) in [6.45, 7) is 4.71. The lowest BCUT2D eigenvalue weighted by atomic mass is 9.90. The molecular formula is C13H20N4O. The van der Waals surface area contributed by atoms with E-state index in [1.807, 2.05) is 0 Å². The molecule has 1 atom stereocenters. The molecule has 98 valence electrons. The van der Waals surface area contributed by atoms with E-state index in [0.717, 1.165) is 44.0 Å². The zero-order valence-corrected chi connectivity index (χ0v) is 10.8. The Morgan fingerprint density at radius 1 is 1.61 bits per heavy atom. The summed E-state index contributed by atoms with van der Waals surface area (Å²) in [6.07, 6.45) is 3.36. The van der Waals surface area contributed by atoms with Gasteiger partial charge in [0.05, 0.1) is 0 Å². The first-order valence-electron chi connectivity index (χ1n) is 6.66. The van der Waals surface area contributed by atoms with Crippen LogP contribution in [0, 0.1) is 5.41 Å². The Balaban J connectivity index is 1.86. The van der Waals surface area contributed by atoms with Gasteiger partial charge in [-0.05, 0) is 31.2 Å². The minimum atomic E-state index is -0.0387. The lowest BCUT2D eigenvalue weighted by Crippen LogP contribution is -2.32. The third kappa shape index (κ3) is 2.14. The first-order chi connectivity index (χ1) is 8.59. The average Bonchev–Trinajstić information content (AvgIpc) is 3.12. The van der Waals surface area contributed by atoms with Crippen molar-refractivity contribution in [2.24, 2.45) is 11.1 Å². The molecule has 0 aromatic carbocycles. The molecule has 0 radical (unpaired) electrons. The second kappa shape index (κ2) is 4.09. The fraction of sp³-hybridized carbons (Fsp3) is 0.692. The number of nitrogens with one attached hydrogen (secondary N) is 1. The lowest BCUT2D eigenvalue weighted by Gasteiger charge is -2.23. The Hall–Kier alpha value is -1.36. The van der Waals surface area contributed by atoms with Crippen LogP contribution in [-0.2, 0) is 0 Å². The van der Waals surface area contributed by atoms with Gasteiger partial charge in [0.15, 0.2) is 0 Å². The highest BCUT2D eigenvalue weighted by Crippen LogP contribution is 2.38. The number of hydrogen-bond donors (Lipinski definition) is 2. The van der Waals surface area contributed by atoms with Gasteiger partial charge in [-0.2, -0.15) is 0 Å². The van der Waals surface area contributed by atoms with Crippen molar-refractivity contribution in [3.63, 3.8) is 0 Å². The fourth-order valence-electron chi connectivity index (χ4n) is 2.56. The number of hydrogen-bond acceptors (Lipinski definition) is 4.